The Morgan fingerprint density at radius 1 is 0.359 bits per heavy atom. The number of carboxylic acid groups (broad SMARTS) is 3. The van der Waals surface area contributed by atoms with Crippen LogP contribution in [-0.2, 0) is 28.8 Å². The van der Waals surface area contributed by atoms with E-state index in [0.29, 0.717) is 11.1 Å². The highest BCUT2D eigenvalue weighted by molar-refractivity contribution is 6.02. The van der Waals surface area contributed by atoms with Crippen LogP contribution < -0.4 is 38.5 Å². The molecule has 34 heteroatoms. The number of rotatable bonds is 41. The van der Waals surface area contributed by atoms with E-state index in [0.717, 1.165) is 5.56 Å². The highest BCUT2D eigenvalue weighted by Crippen LogP contribution is 2.28. The number of carbonyl (C=O) groups excluding carboxylic acids is 6. The Labute approximate surface area is 531 Å². The van der Waals surface area contributed by atoms with Crippen LogP contribution in [-0.4, -0.2) is 267 Å². The molecule has 0 bridgehead atoms. The van der Waals surface area contributed by atoms with Gasteiger partial charge in [0.05, 0.1) is 84.8 Å². The second kappa shape index (κ2) is 47.3. The van der Waals surface area contributed by atoms with Gasteiger partial charge in [0.15, 0.2) is 11.6 Å². The van der Waals surface area contributed by atoms with Gasteiger partial charge in [0.1, 0.15) is 25.7 Å². The molecule has 2 aromatic rings. The zero-order valence-corrected chi connectivity index (χ0v) is 52.0. The lowest BCUT2D eigenvalue weighted by Crippen LogP contribution is -2.57. The molecule has 0 aromatic heterocycles. The topological polar surface area (TPSA) is 644 Å². The molecule has 0 fully saturated rings. The minimum atomic E-state index is -1.39. The van der Waals surface area contributed by atoms with E-state index >= 15 is 0 Å². The lowest BCUT2D eigenvalue weighted by Gasteiger charge is -2.29. The molecular weight excluding hydrogens is 1230 g/mol. The number of hydrogen-bond donors (Lipinski definition) is 25. The van der Waals surface area contributed by atoms with E-state index in [9.17, 15) is 73.8 Å². The van der Waals surface area contributed by atoms with Crippen LogP contribution in [0.3, 0.4) is 0 Å². The molecule has 0 unspecified atom stereocenters. The Morgan fingerprint density at radius 2 is 0.641 bits per heavy atom. The summed E-state index contributed by atoms with van der Waals surface area (Å²) < 4.78 is 0. The normalized spacial score (nSPS) is 11.5. The molecule has 2 rings (SSSR count). The van der Waals surface area contributed by atoms with Gasteiger partial charge < -0.3 is 130 Å². The van der Waals surface area contributed by atoms with Crippen molar-refractivity contribution < 1.29 is 135 Å². The molecule has 92 heavy (non-hydrogen) atoms. The fraction of sp³-hybridized carbons (Fsp3) is 0.638. The first-order valence-corrected chi connectivity index (χ1v) is 28.6. The molecule has 0 saturated heterocycles. The number of Topliss-reactive ketones (excluding diaryl/α,β-unsaturated/α-hetero) is 2. The molecule has 0 saturated carbocycles. The molecule has 4 amide bonds. The van der Waals surface area contributed by atoms with Gasteiger partial charge in [-0.15, -0.1) is 0 Å². The molecule has 0 aliphatic heterocycles. The van der Waals surface area contributed by atoms with E-state index in [1.54, 1.807) is 43.3 Å². The SMILES string of the molecule is Cc1cc(C(=O)CC(CO)(CO)CO)cc(C(=O)CC(CO)(CO)CO)c1.Cc1ccc(C(=O)NC(CO)(CO)CO)cc1.NC(CCC(=O)NCO)(CCC(=O)NCO)CCC(=O)NCO.NC(CCC(=O)O)(CCC(=O)O)CCC(=O)O.NC(CO)(CO)CO. The highest BCUT2D eigenvalue weighted by atomic mass is 16.4. The maximum Gasteiger partial charge on any atom is 0.303 e. The number of aliphatic hydroxyl groups excluding tert-OH is 15. The number of carboxylic acids is 3. The van der Waals surface area contributed by atoms with E-state index in [1.165, 1.54) is 6.07 Å². The van der Waals surface area contributed by atoms with Crippen molar-refractivity contribution in [3.05, 3.63) is 70.3 Å². The molecule has 528 valence electrons. The molecular formula is C58H99N7O27. The van der Waals surface area contributed by atoms with Crippen LogP contribution in [0.4, 0.5) is 0 Å². The third kappa shape index (κ3) is 37.1. The lowest BCUT2D eigenvalue weighted by molar-refractivity contribution is -0.137. The Hall–Kier alpha value is -6.65. The summed E-state index contributed by atoms with van der Waals surface area (Å²) in [5.41, 5.74) is 12.3. The van der Waals surface area contributed by atoms with Crippen LogP contribution in [0.15, 0.2) is 42.5 Å². The Bertz CT molecular complexity index is 2320. The zero-order chi connectivity index (χ0) is 71.4. The zero-order valence-electron chi connectivity index (χ0n) is 52.0. The Morgan fingerprint density at radius 3 is 0.870 bits per heavy atom. The summed E-state index contributed by atoms with van der Waals surface area (Å²) >= 11 is 0. The van der Waals surface area contributed by atoms with Gasteiger partial charge >= 0.3 is 17.9 Å². The summed E-state index contributed by atoms with van der Waals surface area (Å²) in [7, 11) is 0. The van der Waals surface area contributed by atoms with Crippen molar-refractivity contribution in [3.63, 3.8) is 0 Å². The standard InChI is InChI=1S/C19H28O8.C13H26N4O6.C12H17NO4.C10H17NO6.C4H11NO3/c1-13-2-14(16(26)5-18(7-20,8-21)9-22)4-15(3-13)17(27)6-19(10-23,11-24)12-25;14-13(4-1-10(21)15-7-18,5-2-11(22)16-8-19)6-3-12(23)17-9-20;1-9-2-4-10(5-3-9)11(17)13-12(6-14,7-15)8-16;11-10(4-1-7(12)13,5-2-8(14)15)6-3-9(16)17;5-4(1-6,2-7)3-8/h2-4,20-25H,5-12H2,1H3;18-20H,1-9,14H2,(H,15,21)(H,16,22)(H,17,23);2-5,14-16H,6-8H2,1H3,(H,13,17);1-6,11H2,(H,12,13)(H,14,15)(H,16,17);6-8H,1-3,5H2. The van der Waals surface area contributed by atoms with Gasteiger partial charge in [0.25, 0.3) is 5.91 Å². The van der Waals surface area contributed by atoms with Gasteiger partial charge in [0, 0.05) is 90.0 Å². The van der Waals surface area contributed by atoms with Crippen LogP contribution in [0.1, 0.15) is 132 Å². The fourth-order valence-corrected chi connectivity index (χ4v) is 7.50. The molecule has 2 aromatic carbocycles. The Balaban J connectivity index is -0.00000112. The van der Waals surface area contributed by atoms with Gasteiger partial charge in [-0.2, -0.15) is 0 Å². The maximum atomic E-state index is 12.6. The quantitative estimate of drug-likeness (QED) is 0.0217. The van der Waals surface area contributed by atoms with Crippen LogP contribution in [0.2, 0.25) is 0 Å². The molecule has 0 spiro atoms. The minimum absolute atomic E-state index is 0.0420. The molecule has 0 atom stereocenters. The number of aryl methyl sites for hydroxylation is 2. The van der Waals surface area contributed by atoms with Crippen LogP contribution in [0.5, 0.6) is 0 Å². The predicted molar refractivity (Wildman–Crippen MR) is 325 cm³/mol. The molecule has 0 aliphatic carbocycles. The van der Waals surface area contributed by atoms with E-state index in [-0.39, 0.29) is 119 Å². The van der Waals surface area contributed by atoms with E-state index in [1.807, 2.05) is 6.92 Å². The Kier molecular flexibility index (Phi) is 46.0. The first-order valence-electron chi connectivity index (χ1n) is 28.6. The number of nitrogens with one attached hydrogen (secondary N) is 4. The predicted octanol–water partition coefficient (Wildman–Crippen LogP) is -6.33. The number of nitrogens with two attached hydrogens (primary N) is 3. The molecule has 28 N–H and O–H groups in total. The second-order valence-corrected chi connectivity index (χ2v) is 22.3. The molecule has 0 radical (unpaired) electrons. The van der Waals surface area contributed by atoms with Crippen molar-refractivity contribution in [1.82, 2.24) is 21.3 Å². The largest absolute Gasteiger partial charge is 0.481 e. The van der Waals surface area contributed by atoms with Gasteiger partial charge in [-0.05, 0) is 88.3 Å². The fourth-order valence-electron chi connectivity index (χ4n) is 7.50. The monoisotopic (exact) mass is 1330 g/mol. The second-order valence-electron chi connectivity index (χ2n) is 22.3. The van der Waals surface area contributed by atoms with Gasteiger partial charge in [-0.1, -0.05) is 17.7 Å². The van der Waals surface area contributed by atoms with Crippen molar-refractivity contribution in [1.29, 1.82) is 0 Å². The number of amides is 4. The average molecular weight is 1330 g/mol. The first-order chi connectivity index (χ1) is 43.1. The number of ketones is 2. The summed E-state index contributed by atoms with van der Waals surface area (Å²) in [6, 6.07) is 11.3. The van der Waals surface area contributed by atoms with E-state index < -0.39 is 168 Å². The highest BCUT2D eigenvalue weighted by Gasteiger charge is 2.35. The third-order valence-corrected chi connectivity index (χ3v) is 14.2. The number of hydrogen-bond acceptors (Lipinski definition) is 27. The van der Waals surface area contributed by atoms with E-state index in [4.69, 9.17) is 78.5 Å². The summed E-state index contributed by atoms with van der Waals surface area (Å²) in [5, 5.41) is 169. The van der Waals surface area contributed by atoms with Crippen molar-refractivity contribution in [2.24, 2.45) is 28.0 Å². The van der Waals surface area contributed by atoms with Crippen molar-refractivity contribution in [3.8, 4) is 0 Å². The van der Waals surface area contributed by atoms with Gasteiger partial charge in [-0.3, -0.25) is 43.2 Å². The molecule has 34 nitrogen and oxygen atoms in total. The van der Waals surface area contributed by atoms with Crippen molar-refractivity contribution in [2.45, 2.75) is 126 Å². The molecule has 0 aliphatic rings. The number of benzene rings is 2. The summed E-state index contributed by atoms with van der Waals surface area (Å²) in [5.74, 6) is -5.63. The van der Waals surface area contributed by atoms with Crippen LogP contribution >= 0.6 is 0 Å². The van der Waals surface area contributed by atoms with Gasteiger partial charge in [0.2, 0.25) is 17.7 Å². The number of carbonyl (C=O) groups is 9. The smallest absolute Gasteiger partial charge is 0.303 e. The first kappa shape index (κ1) is 89.5. The van der Waals surface area contributed by atoms with Gasteiger partial charge in [-0.25, -0.2) is 0 Å². The summed E-state index contributed by atoms with van der Waals surface area (Å²) in [6.07, 6.45) is -0.202. The lowest BCUT2D eigenvalue weighted by atomic mass is 9.82. The van der Waals surface area contributed by atoms with Crippen molar-refractivity contribution in [2.75, 3.05) is 99.5 Å². The average Bonchev–Trinajstić information content (AvgIpc) is 0.903. The van der Waals surface area contributed by atoms with Crippen molar-refractivity contribution >= 4 is 53.1 Å². The third-order valence-electron chi connectivity index (χ3n) is 14.2. The number of aliphatic hydroxyl groups is 15. The summed E-state index contributed by atoms with van der Waals surface area (Å²) in [4.78, 5) is 102. The van der Waals surface area contributed by atoms with Crippen LogP contribution in [0.25, 0.3) is 0 Å². The summed E-state index contributed by atoms with van der Waals surface area (Å²) in [6.45, 7) is -4.09. The minimum Gasteiger partial charge on any atom is -0.481 e. The maximum absolute atomic E-state index is 12.6. The molecule has 0 heterocycles. The number of aliphatic carboxylic acids is 3. The van der Waals surface area contributed by atoms with Crippen LogP contribution in [0, 0.1) is 24.7 Å². The van der Waals surface area contributed by atoms with E-state index in [2.05, 4.69) is 21.3 Å².